The zero-order valence-corrected chi connectivity index (χ0v) is 15.1. The summed E-state index contributed by atoms with van der Waals surface area (Å²) in [5, 5.41) is 14.6. The molecular formula is C18H17N3O5S. The number of carboxylic acids is 1. The highest BCUT2D eigenvalue weighted by molar-refractivity contribution is 7.89. The molecular weight excluding hydrogens is 370 g/mol. The van der Waals surface area contributed by atoms with Crippen LogP contribution in [-0.2, 0) is 14.8 Å². The summed E-state index contributed by atoms with van der Waals surface area (Å²) in [6.07, 6.45) is 1.65. The molecule has 1 aliphatic rings. The molecule has 0 radical (unpaired) electrons. The van der Waals surface area contributed by atoms with Gasteiger partial charge in [-0.2, -0.15) is 9.40 Å². The second-order valence-corrected chi connectivity index (χ2v) is 8.09. The van der Waals surface area contributed by atoms with Crippen molar-refractivity contribution in [2.24, 2.45) is 0 Å². The lowest BCUT2D eigenvalue weighted by atomic mass is 10.2. The Bertz CT molecular complexity index is 1120. The van der Waals surface area contributed by atoms with Crippen molar-refractivity contribution in [3.63, 3.8) is 0 Å². The largest absolute Gasteiger partial charge is 0.478 e. The van der Waals surface area contributed by atoms with Gasteiger partial charge in [-0.25, -0.2) is 17.9 Å². The van der Waals surface area contributed by atoms with Crippen LogP contribution in [0.1, 0.15) is 10.4 Å². The first-order valence-electron chi connectivity index (χ1n) is 8.36. The van der Waals surface area contributed by atoms with Gasteiger partial charge in [0.25, 0.3) is 0 Å². The summed E-state index contributed by atoms with van der Waals surface area (Å²) in [5.74, 6) is -1.20. The lowest BCUT2D eigenvalue weighted by Crippen LogP contribution is -2.40. The number of hydrogen-bond acceptors (Lipinski definition) is 5. The van der Waals surface area contributed by atoms with Gasteiger partial charge in [0, 0.05) is 18.5 Å². The van der Waals surface area contributed by atoms with Crippen molar-refractivity contribution in [1.82, 2.24) is 14.1 Å². The zero-order chi connectivity index (χ0) is 19.0. The van der Waals surface area contributed by atoms with Crippen LogP contribution in [0.5, 0.6) is 0 Å². The number of hydrogen-bond donors (Lipinski definition) is 1. The maximum Gasteiger partial charge on any atom is 0.335 e. The predicted molar refractivity (Wildman–Crippen MR) is 97.6 cm³/mol. The topological polar surface area (TPSA) is 102 Å². The number of carboxylic acid groups (broad SMARTS) is 1. The van der Waals surface area contributed by atoms with Crippen LogP contribution < -0.4 is 0 Å². The van der Waals surface area contributed by atoms with E-state index in [2.05, 4.69) is 5.10 Å². The highest BCUT2D eigenvalue weighted by atomic mass is 32.2. The van der Waals surface area contributed by atoms with Gasteiger partial charge in [-0.3, -0.25) is 0 Å². The normalized spacial score (nSPS) is 15.9. The molecule has 0 aliphatic carbocycles. The molecule has 1 aliphatic heterocycles. The molecule has 9 heteroatoms. The van der Waals surface area contributed by atoms with E-state index in [9.17, 15) is 18.3 Å². The van der Waals surface area contributed by atoms with Crippen LogP contribution in [-0.4, -0.2) is 59.9 Å². The molecule has 0 spiro atoms. The Morgan fingerprint density at radius 2 is 1.85 bits per heavy atom. The summed E-state index contributed by atoms with van der Waals surface area (Å²) in [5.41, 5.74) is 1.02. The molecule has 1 saturated heterocycles. The van der Waals surface area contributed by atoms with Crippen molar-refractivity contribution in [3.8, 4) is 5.69 Å². The standard InChI is InChI=1S/C18H17N3O5S/c22-18(23)14-9-15(21-17-4-2-1-3-13(17)12-19-21)11-16(10-14)27(24,25)20-5-7-26-8-6-20/h1-4,9-12H,5-8H2,(H,22,23). The molecule has 8 nitrogen and oxygen atoms in total. The smallest absolute Gasteiger partial charge is 0.335 e. The lowest BCUT2D eigenvalue weighted by molar-refractivity contribution is 0.0696. The predicted octanol–water partition coefficient (Wildman–Crippen LogP) is 1.74. The van der Waals surface area contributed by atoms with Gasteiger partial charge in [0.05, 0.1) is 41.1 Å². The van der Waals surface area contributed by atoms with Gasteiger partial charge in [-0.1, -0.05) is 18.2 Å². The minimum atomic E-state index is -3.84. The van der Waals surface area contributed by atoms with Crippen molar-refractivity contribution in [2.45, 2.75) is 4.90 Å². The number of aromatic carboxylic acids is 1. The van der Waals surface area contributed by atoms with Crippen molar-refractivity contribution in [1.29, 1.82) is 0 Å². The third kappa shape index (κ3) is 3.20. The second kappa shape index (κ2) is 6.76. The van der Waals surface area contributed by atoms with Gasteiger partial charge in [-0.15, -0.1) is 0 Å². The molecule has 0 saturated carbocycles. The summed E-state index contributed by atoms with van der Waals surface area (Å²) in [6.45, 7) is 1.10. The van der Waals surface area contributed by atoms with E-state index in [-0.39, 0.29) is 23.5 Å². The summed E-state index contributed by atoms with van der Waals surface area (Å²) in [4.78, 5) is 11.5. The minimum absolute atomic E-state index is 0.0705. The first-order chi connectivity index (χ1) is 13.0. The summed E-state index contributed by atoms with van der Waals surface area (Å²) < 4.78 is 34.0. The van der Waals surface area contributed by atoms with Gasteiger partial charge in [0.1, 0.15) is 0 Å². The molecule has 4 rings (SSSR count). The van der Waals surface area contributed by atoms with Crippen LogP contribution in [0.4, 0.5) is 0 Å². The minimum Gasteiger partial charge on any atom is -0.478 e. The van der Waals surface area contributed by atoms with Crippen LogP contribution in [0, 0.1) is 0 Å². The number of ether oxygens (including phenoxy) is 1. The second-order valence-electron chi connectivity index (χ2n) is 6.15. The van der Waals surface area contributed by atoms with Gasteiger partial charge in [0.2, 0.25) is 10.0 Å². The molecule has 0 bridgehead atoms. The maximum atomic E-state index is 13.0. The number of aromatic nitrogens is 2. The quantitative estimate of drug-likeness (QED) is 0.732. The number of nitrogens with zero attached hydrogens (tertiary/aromatic N) is 3. The van der Waals surface area contributed by atoms with Crippen LogP contribution >= 0.6 is 0 Å². The number of rotatable bonds is 4. The molecule has 1 N–H and O–H groups in total. The number of para-hydroxylation sites is 1. The van der Waals surface area contributed by atoms with Crippen LogP contribution in [0.2, 0.25) is 0 Å². The van der Waals surface area contributed by atoms with E-state index in [0.717, 1.165) is 10.9 Å². The van der Waals surface area contributed by atoms with E-state index in [1.54, 1.807) is 10.9 Å². The van der Waals surface area contributed by atoms with Gasteiger partial charge < -0.3 is 9.84 Å². The van der Waals surface area contributed by atoms with Crippen molar-refractivity contribution in [2.75, 3.05) is 26.3 Å². The maximum absolute atomic E-state index is 13.0. The van der Waals surface area contributed by atoms with E-state index >= 15 is 0 Å². The van der Waals surface area contributed by atoms with Gasteiger partial charge >= 0.3 is 5.97 Å². The first-order valence-corrected chi connectivity index (χ1v) is 9.80. The Kier molecular flexibility index (Phi) is 4.42. The molecule has 27 heavy (non-hydrogen) atoms. The van der Waals surface area contributed by atoms with Crippen LogP contribution in [0.25, 0.3) is 16.6 Å². The van der Waals surface area contributed by atoms with Crippen molar-refractivity contribution >= 4 is 26.9 Å². The number of fused-ring (bicyclic) bond motifs is 1. The molecule has 0 unspecified atom stereocenters. The third-order valence-electron chi connectivity index (χ3n) is 4.47. The van der Waals surface area contributed by atoms with E-state index in [1.807, 2.05) is 24.3 Å². The Labute approximate surface area is 155 Å². The monoisotopic (exact) mass is 387 g/mol. The lowest BCUT2D eigenvalue weighted by Gasteiger charge is -2.26. The Hall–Kier alpha value is -2.75. The third-order valence-corrected chi connectivity index (χ3v) is 6.34. The molecule has 1 fully saturated rings. The molecule has 1 aromatic heterocycles. The SMILES string of the molecule is O=C(O)c1cc(-n2ncc3ccccc32)cc(S(=O)(=O)N2CCOCC2)c1. The van der Waals surface area contributed by atoms with E-state index < -0.39 is 16.0 Å². The van der Waals surface area contributed by atoms with Gasteiger partial charge in [0.15, 0.2) is 0 Å². The van der Waals surface area contributed by atoms with Crippen molar-refractivity contribution < 1.29 is 23.1 Å². The Balaban J connectivity index is 1.87. The number of sulfonamides is 1. The fraction of sp³-hybridized carbons (Fsp3) is 0.222. The molecule has 0 amide bonds. The summed E-state index contributed by atoms with van der Waals surface area (Å²) in [6, 6.07) is 11.5. The summed E-state index contributed by atoms with van der Waals surface area (Å²) >= 11 is 0. The number of benzene rings is 2. The highest BCUT2D eigenvalue weighted by Crippen LogP contribution is 2.25. The van der Waals surface area contributed by atoms with Gasteiger partial charge in [-0.05, 0) is 24.3 Å². The van der Waals surface area contributed by atoms with Crippen LogP contribution in [0.3, 0.4) is 0 Å². The number of morpholine rings is 1. The fourth-order valence-electron chi connectivity index (χ4n) is 3.09. The average Bonchev–Trinajstić information content (AvgIpc) is 3.12. The molecule has 140 valence electrons. The Morgan fingerprint density at radius 1 is 1.11 bits per heavy atom. The molecule has 3 aromatic rings. The summed E-state index contributed by atoms with van der Waals surface area (Å²) in [7, 11) is -3.84. The van der Waals surface area contributed by atoms with E-state index in [4.69, 9.17) is 4.74 Å². The molecule has 2 heterocycles. The molecule has 2 aromatic carbocycles. The highest BCUT2D eigenvalue weighted by Gasteiger charge is 2.28. The first kappa shape index (κ1) is 17.7. The Morgan fingerprint density at radius 3 is 2.59 bits per heavy atom. The van der Waals surface area contributed by atoms with E-state index in [1.165, 1.54) is 22.5 Å². The number of carbonyl (C=O) groups is 1. The van der Waals surface area contributed by atoms with Crippen molar-refractivity contribution in [3.05, 3.63) is 54.2 Å². The van der Waals surface area contributed by atoms with E-state index in [0.29, 0.717) is 18.9 Å². The average molecular weight is 387 g/mol. The zero-order valence-electron chi connectivity index (χ0n) is 14.3. The fourth-order valence-corrected chi connectivity index (χ4v) is 4.57. The molecule has 0 atom stereocenters. The van der Waals surface area contributed by atoms with Crippen LogP contribution in [0.15, 0.2) is 53.6 Å².